The van der Waals surface area contributed by atoms with E-state index in [-0.39, 0.29) is 18.4 Å². The van der Waals surface area contributed by atoms with Crippen LogP contribution in [0.15, 0.2) is 53.4 Å². The number of ether oxygens (including phenoxy) is 1. The van der Waals surface area contributed by atoms with E-state index in [2.05, 4.69) is 5.32 Å². The molecular weight excluding hydrogens is 380 g/mol. The van der Waals surface area contributed by atoms with Gasteiger partial charge in [-0.2, -0.15) is 0 Å². The molecule has 2 amide bonds. The van der Waals surface area contributed by atoms with Gasteiger partial charge in [0, 0.05) is 6.54 Å². The van der Waals surface area contributed by atoms with Crippen LogP contribution in [0.25, 0.3) is 6.08 Å². The van der Waals surface area contributed by atoms with Crippen molar-refractivity contribution in [2.75, 3.05) is 18.1 Å². The Morgan fingerprint density at radius 1 is 1.19 bits per heavy atom. The Balaban J connectivity index is 1.60. The monoisotopic (exact) mass is 396 g/mol. The number of hydrogen-bond donors (Lipinski definition) is 1. The molecule has 1 N–H and O–H groups in total. The molecule has 0 radical (unpaired) electrons. The fourth-order valence-corrected chi connectivity index (χ4v) is 4.06. The SMILES string of the molecule is O=C1NC(=S)SC1=Cc1ccc2c(c1)N(CCc1ccccc1)C(=O)CO2. The number of rotatable bonds is 4. The van der Waals surface area contributed by atoms with E-state index in [4.69, 9.17) is 17.0 Å². The number of nitrogens with one attached hydrogen (secondary N) is 1. The number of anilines is 1. The molecule has 2 heterocycles. The van der Waals surface area contributed by atoms with E-state index in [1.807, 2.05) is 48.5 Å². The molecule has 27 heavy (non-hydrogen) atoms. The number of hydrogen-bond acceptors (Lipinski definition) is 5. The Morgan fingerprint density at radius 3 is 2.74 bits per heavy atom. The molecule has 136 valence electrons. The number of carbonyl (C=O) groups is 2. The Kier molecular flexibility index (Phi) is 4.96. The quantitative estimate of drug-likeness (QED) is 0.636. The predicted octanol–water partition coefficient (Wildman–Crippen LogP) is 3.14. The van der Waals surface area contributed by atoms with Crippen molar-refractivity contribution in [2.45, 2.75) is 6.42 Å². The van der Waals surface area contributed by atoms with Crippen molar-refractivity contribution >= 4 is 51.9 Å². The second-order valence-electron chi connectivity index (χ2n) is 6.15. The minimum Gasteiger partial charge on any atom is -0.482 e. The summed E-state index contributed by atoms with van der Waals surface area (Å²) in [4.78, 5) is 26.6. The van der Waals surface area contributed by atoms with Crippen LogP contribution in [0.5, 0.6) is 5.75 Å². The number of nitrogens with zero attached hydrogens (tertiary/aromatic N) is 1. The molecule has 2 aromatic rings. The molecule has 0 atom stereocenters. The first-order valence-electron chi connectivity index (χ1n) is 8.46. The van der Waals surface area contributed by atoms with E-state index in [1.165, 1.54) is 17.3 Å². The molecule has 0 saturated carbocycles. The summed E-state index contributed by atoms with van der Waals surface area (Å²) in [7, 11) is 0. The van der Waals surface area contributed by atoms with E-state index in [0.29, 0.717) is 21.5 Å². The molecular formula is C20H16N2O3S2. The third-order valence-corrected chi connectivity index (χ3v) is 5.50. The summed E-state index contributed by atoms with van der Waals surface area (Å²) in [5.74, 6) is 0.400. The standard InChI is InChI=1S/C20H16N2O3S2/c23-18-12-25-16-7-6-14(11-17-19(24)21-20(26)27-17)10-15(16)22(18)9-8-13-4-2-1-3-5-13/h1-7,10-11H,8-9,12H2,(H,21,24,26). The molecule has 2 aromatic carbocycles. The number of thioether (sulfide) groups is 1. The second kappa shape index (κ2) is 7.54. The van der Waals surface area contributed by atoms with Crippen LogP contribution in [0, 0.1) is 0 Å². The van der Waals surface area contributed by atoms with Crippen molar-refractivity contribution in [1.29, 1.82) is 0 Å². The van der Waals surface area contributed by atoms with Gasteiger partial charge in [-0.25, -0.2) is 0 Å². The highest BCUT2D eigenvalue weighted by Crippen LogP contribution is 2.35. The average molecular weight is 396 g/mol. The molecule has 0 aliphatic carbocycles. The molecule has 2 aliphatic rings. The molecule has 4 rings (SSSR count). The predicted molar refractivity (Wildman–Crippen MR) is 111 cm³/mol. The Morgan fingerprint density at radius 2 is 2.00 bits per heavy atom. The van der Waals surface area contributed by atoms with Gasteiger partial charge < -0.3 is 15.0 Å². The third-order valence-electron chi connectivity index (χ3n) is 4.33. The van der Waals surface area contributed by atoms with E-state index in [0.717, 1.165) is 17.7 Å². The minimum atomic E-state index is -0.198. The number of carbonyl (C=O) groups excluding carboxylic acids is 2. The highest BCUT2D eigenvalue weighted by molar-refractivity contribution is 8.26. The van der Waals surface area contributed by atoms with Gasteiger partial charge in [0.25, 0.3) is 11.8 Å². The van der Waals surface area contributed by atoms with Crippen LogP contribution in [0.4, 0.5) is 5.69 Å². The molecule has 0 spiro atoms. The van der Waals surface area contributed by atoms with Crippen molar-refractivity contribution in [3.05, 3.63) is 64.6 Å². The van der Waals surface area contributed by atoms with Crippen LogP contribution < -0.4 is 15.0 Å². The molecule has 0 aromatic heterocycles. The van der Waals surface area contributed by atoms with Crippen LogP contribution in [-0.4, -0.2) is 29.3 Å². The molecule has 7 heteroatoms. The van der Waals surface area contributed by atoms with Crippen molar-refractivity contribution in [3.8, 4) is 5.75 Å². The van der Waals surface area contributed by atoms with Gasteiger partial charge in [0.05, 0.1) is 10.6 Å². The van der Waals surface area contributed by atoms with E-state index >= 15 is 0 Å². The molecule has 0 bridgehead atoms. The second-order valence-corrected chi connectivity index (χ2v) is 7.87. The summed E-state index contributed by atoms with van der Waals surface area (Å²) >= 11 is 6.25. The van der Waals surface area contributed by atoms with Crippen LogP contribution in [0.1, 0.15) is 11.1 Å². The van der Waals surface area contributed by atoms with Gasteiger partial charge in [0.1, 0.15) is 10.1 Å². The van der Waals surface area contributed by atoms with Gasteiger partial charge in [-0.05, 0) is 35.8 Å². The lowest BCUT2D eigenvalue weighted by atomic mass is 10.1. The largest absolute Gasteiger partial charge is 0.482 e. The number of fused-ring (bicyclic) bond motifs is 1. The smallest absolute Gasteiger partial charge is 0.265 e. The first-order valence-corrected chi connectivity index (χ1v) is 9.68. The number of benzene rings is 2. The zero-order chi connectivity index (χ0) is 18.8. The lowest BCUT2D eigenvalue weighted by molar-refractivity contribution is -0.121. The summed E-state index contributed by atoms with van der Waals surface area (Å²) in [5.41, 5.74) is 2.71. The third kappa shape index (κ3) is 3.89. The number of amides is 2. The number of thiocarbonyl (C=S) groups is 1. The van der Waals surface area contributed by atoms with Crippen LogP contribution in [-0.2, 0) is 16.0 Å². The zero-order valence-corrected chi connectivity index (χ0v) is 15.9. The lowest BCUT2D eigenvalue weighted by Gasteiger charge is -2.29. The highest BCUT2D eigenvalue weighted by atomic mass is 32.2. The van der Waals surface area contributed by atoms with Gasteiger partial charge >= 0.3 is 0 Å². The maximum atomic E-state index is 12.4. The topological polar surface area (TPSA) is 58.6 Å². The normalized spacial score (nSPS) is 17.7. The zero-order valence-electron chi connectivity index (χ0n) is 14.3. The molecule has 2 aliphatic heterocycles. The maximum absolute atomic E-state index is 12.4. The Bertz CT molecular complexity index is 957. The first kappa shape index (κ1) is 17.8. The summed E-state index contributed by atoms with van der Waals surface area (Å²) < 4.78 is 6.02. The summed E-state index contributed by atoms with van der Waals surface area (Å²) in [6.45, 7) is 0.604. The van der Waals surface area contributed by atoms with Crippen molar-refractivity contribution in [2.24, 2.45) is 0 Å². The lowest BCUT2D eigenvalue weighted by Crippen LogP contribution is -2.40. The van der Waals surface area contributed by atoms with Crippen LogP contribution >= 0.6 is 24.0 Å². The Labute approximate surface area is 166 Å². The minimum absolute atomic E-state index is 0.0365. The molecule has 5 nitrogen and oxygen atoms in total. The van der Waals surface area contributed by atoms with Gasteiger partial charge in [-0.15, -0.1) is 0 Å². The highest BCUT2D eigenvalue weighted by Gasteiger charge is 2.26. The van der Waals surface area contributed by atoms with Gasteiger partial charge in [0.15, 0.2) is 6.61 Å². The Hall–Kier alpha value is -2.64. The van der Waals surface area contributed by atoms with Crippen LogP contribution in [0.3, 0.4) is 0 Å². The summed E-state index contributed by atoms with van der Waals surface area (Å²) in [6, 6.07) is 15.6. The fraction of sp³-hybridized carbons (Fsp3) is 0.150. The van der Waals surface area contributed by atoms with Crippen molar-refractivity contribution in [1.82, 2.24) is 5.32 Å². The molecule has 0 unspecified atom stereocenters. The molecule has 1 fully saturated rings. The molecule has 1 saturated heterocycles. The van der Waals surface area contributed by atoms with Crippen LogP contribution in [0.2, 0.25) is 0 Å². The first-order chi connectivity index (χ1) is 13.1. The van der Waals surface area contributed by atoms with Crippen molar-refractivity contribution < 1.29 is 14.3 Å². The maximum Gasteiger partial charge on any atom is 0.265 e. The van der Waals surface area contributed by atoms with E-state index < -0.39 is 0 Å². The van der Waals surface area contributed by atoms with Gasteiger partial charge in [-0.3, -0.25) is 9.59 Å². The van der Waals surface area contributed by atoms with E-state index in [1.54, 1.807) is 11.0 Å². The fourth-order valence-electron chi connectivity index (χ4n) is 3.01. The average Bonchev–Trinajstić information content (AvgIpc) is 2.98. The summed E-state index contributed by atoms with van der Waals surface area (Å²) in [6.07, 6.45) is 2.53. The van der Waals surface area contributed by atoms with Crippen molar-refractivity contribution in [3.63, 3.8) is 0 Å². The van der Waals surface area contributed by atoms with Gasteiger partial charge in [0.2, 0.25) is 0 Å². The summed E-state index contributed by atoms with van der Waals surface area (Å²) in [5, 5.41) is 2.60. The van der Waals surface area contributed by atoms with Gasteiger partial charge in [-0.1, -0.05) is 60.4 Å². The van der Waals surface area contributed by atoms with E-state index in [9.17, 15) is 9.59 Å².